The van der Waals surface area contributed by atoms with Gasteiger partial charge < -0.3 is 11.1 Å². The van der Waals surface area contributed by atoms with Gasteiger partial charge in [-0.15, -0.1) is 0 Å². The van der Waals surface area contributed by atoms with Crippen LogP contribution in [0.3, 0.4) is 0 Å². The van der Waals surface area contributed by atoms with Crippen LogP contribution in [0.4, 0.5) is 0 Å². The first-order valence-corrected chi connectivity index (χ1v) is 4.98. The molecule has 1 aliphatic rings. The number of carbonyl (C=O) groups is 1. The summed E-state index contributed by atoms with van der Waals surface area (Å²) in [5.74, 6) is 0.137. The third-order valence-corrected chi connectivity index (χ3v) is 2.20. The zero-order chi connectivity index (χ0) is 9.68. The summed E-state index contributed by atoms with van der Waals surface area (Å²) >= 11 is 0. The molecule has 4 heteroatoms. The number of hydrogen-bond acceptors (Lipinski definition) is 3. The average molecular weight is 185 g/mol. The summed E-state index contributed by atoms with van der Waals surface area (Å²) in [5, 5.41) is 2.96. The van der Waals surface area contributed by atoms with Crippen molar-refractivity contribution in [2.45, 2.75) is 25.8 Å². The van der Waals surface area contributed by atoms with E-state index in [9.17, 15) is 4.79 Å². The second-order valence-electron chi connectivity index (χ2n) is 3.50. The van der Waals surface area contributed by atoms with Crippen molar-refractivity contribution in [3.63, 3.8) is 0 Å². The van der Waals surface area contributed by atoms with Crippen LogP contribution in [0.25, 0.3) is 0 Å². The van der Waals surface area contributed by atoms with E-state index in [2.05, 4.69) is 10.2 Å². The number of nitrogens with zero attached hydrogens (tertiary/aromatic N) is 1. The normalized spacial score (nSPS) is 16.2. The van der Waals surface area contributed by atoms with E-state index in [1.165, 1.54) is 0 Å². The van der Waals surface area contributed by atoms with E-state index >= 15 is 0 Å². The number of hydrogen-bond donors (Lipinski definition) is 2. The topological polar surface area (TPSA) is 58.4 Å². The molecule has 1 fully saturated rings. The van der Waals surface area contributed by atoms with E-state index in [-0.39, 0.29) is 5.91 Å². The van der Waals surface area contributed by atoms with Crippen molar-refractivity contribution in [2.75, 3.05) is 26.2 Å². The number of carbonyl (C=O) groups excluding carboxylic acids is 1. The van der Waals surface area contributed by atoms with E-state index in [1.54, 1.807) is 0 Å². The monoisotopic (exact) mass is 185 g/mol. The highest BCUT2D eigenvalue weighted by atomic mass is 16.2. The minimum Gasteiger partial charge on any atom is -0.352 e. The van der Waals surface area contributed by atoms with Gasteiger partial charge in [-0.2, -0.15) is 0 Å². The lowest BCUT2D eigenvalue weighted by molar-refractivity contribution is -0.122. The predicted octanol–water partition coefficient (Wildman–Crippen LogP) is -0.454. The van der Waals surface area contributed by atoms with Gasteiger partial charge in [-0.3, -0.25) is 9.69 Å². The lowest BCUT2D eigenvalue weighted by Crippen LogP contribution is -2.40. The maximum absolute atomic E-state index is 11.3. The van der Waals surface area contributed by atoms with Crippen molar-refractivity contribution in [1.82, 2.24) is 10.2 Å². The first-order valence-electron chi connectivity index (χ1n) is 4.98. The number of nitrogens with two attached hydrogens (primary N) is 1. The first kappa shape index (κ1) is 10.5. The summed E-state index contributed by atoms with van der Waals surface area (Å²) in [4.78, 5) is 13.4. The Morgan fingerprint density at radius 1 is 1.62 bits per heavy atom. The van der Waals surface area contributed by atoms with Gasteiger partial charge in [0.2, 0.25) is 5.91 Å². The van der Waals surface area contributed by atoms with Gasteiger partial charge in [0.1, 0.15) is 0 Å². The largest absolute Gasteiger partial charge is 0.352 e. The van der Waals surface area contributed by atoms with Crippen LogP contribution < -0.4 is 11.1 Å². The number of rotatable bonds is 6. The van der Waals surface area contributed by atoms with Gasteiger partial charge in [-0.1, -0.05) is 6.92 Å². The summed E-state index contributed by atoms with van der Waals surface area (Å²) in [6, 6.07) is 0.462. The van der Waals surface area contributed by atoms with Crippen LogP contribution in [0, 0.1) is 0 Å². The Morgan fingerprint density at radius 2 is 2.31 bits per heavy atom. The number of amides is 1. The van der Waals surface area contributed by atoms with Crippen LogP contribution in [0.2, 0.25) is 0 Å². The smallest absolute Gasteiger partial charge is 0.234 e. The van der Waals surface area contributed by atoms with Crippen molar-refractivity contribution in [3.05, 3.63) is 0 Å². The Labute approximate surface area is 79.5 Å². The molecule has 0 bridgehead atoms. The minimum atomic E-state index is 0.137. The summed E-state index contributed by atoms with van der Waals surface area (Å²) < 4.78 is 0. The van der Waals surface area contributed by atoms with Crippen molar-refractivity contribution >= 4 is 5.91 Å². The molecule has 1 aliphatic carbocycles. The molecule has 0 atom stereocenters. The van der Waals surface area contributed by atoms with Crippen LogP contribution in [-0.2, 0) is 4.79 Å². The van der Waals surface area contributed by atoms with Crippen LogP contribution in [0.1, 0.15) is 19.8 Å². The molecular formula is C9H19N3O. The molecule has 1 rings (SSSR count). The molecule has 0 radical (unpaired) electrons. The minimum absolute atomic E-state index is 0.137. The highest BCUT2D eigenvalue weighted by Gasteiger charge is 2.23. The zero-order valence-electron chi connectivity index (χ0n) is 8.25. The van der Waals surface area contributed by atoms with Gasteiger partial charge in [0.05, 0.1) is 6.54 Å². The zero-order valence-corrected chi connectivity index (χ0v) is 8.25. The highest BCUT2D eigenvalue weighted by molar-refractivity contribution is 5.78. The molecule has 0 unspecified atom stereocenters. The molecular weight excluding hydrogens is 166 g/mol. The fourth-order valence-corrected chi connectivity index (χ4v) is 1.24. The lowest BCUT2D eigenvalue weighted by atomic mass is 10.4. The van der Waals surface area contributed by atoms with Crippen molar-refractivity contribution in [1.29, 1.82) is 0 Å². The molecule has 1 amide bonds. The van der Waals surface area contributed by atoms with Gasteiger partial charge in [0.25, 0.3) is 0 Å². The standard InChI is InChI=1S/C9H19N3O/c1-2-12(6-5-10)7-9(13)11-8-3-4-8/h8H,2-7,10H2,1H3,(H,11,13). The Balaban J connectivity index is 2.14. The van der Waals surface area contributed by atoms with Crippen LogP contribution in [-0.4, -0.2) is 43.0 Å². The van der Waals surface area contributed by atoms with Gasteiger partial charge >= 0.3 is 0 Å². The van der Waals surface area contributed by atoms with E-state index in [0.717, 1.165) is 25.9 Å². The molecule has 0 aromatic heterocycles. The second-order valence-corrected chi connectivity index (χ2v) is 3.50. The first-order chi connectivity index (χ1) is 6.26. The Morgan fingerprint density at radius 3 is 2.77 bits per heavy atom. The second kappa shape index (κ2) is 5.19. The molecule has 0 aliphatic heterocycles. The molecule has 0 spiro atoms. The maximum Gasteiger partial charge on any atom is 0.234 e. The molecule has 0 aromatic rings. The Bertz CT molecular complexity index is 168. The quantitative estimate of drug-likeness (QED) is 0.589. The van der Waals surface area contributed by atoms with Gasteiger partial charge in [0.15, 0.2) is 0 Å². The van der Waals surface area contributed by atoms with E-state index < -0.39 is 0 Å². The molecule has 1 saturated carbocycles. The third kappa shape index (κ3) is 4.24. The predicted molar refractivity (Wildman–Crippen MR) is 52.3 cm³/mol. The summed E-state index contributed by atoms with van der Waals surface area (Å²) in [7, 11) is 0. The summed E-state index contributed by atoms with van der Waals surface area (Å²) in [6.07, 6.45) is 2.30. The molecule has 0 aromatic carbocycles. The van der Waals surface area contributed by atoms with E-state index in [0.29, 0.717) is 19.1 Å². The summed E-state index contributed by atoms with van der Waals surface area (Å²) in [5.41, 5.74) is 5.42. The van der Waals surface area contributed by atoms with E-state index in [1.807, 2.05) is 6.92 Å². The molecule has 13 heavy (non-hydrogen) atoms. The van der Waals surface area contributed by atoms with Crippen molar-refractivity contribution < 1.29 is 4.79 Å². The van der Waals surface area contributed by atoms with E-state index in [4.69, 9.17) is 5.73 Å². The fraction of sp³-hybridized carbons (Fsp3) is 0.889. The SMILES string of the molecule is CCN(CCN)CC(=O)NC1CC1. The fourth-order valence-electron chi connectivity index (χ4n) is 1.24. The van der Waals surface area contributed by atoms with Gasteiger partial charge in [-0.05, 0) is 19.4 Å². The average Bonchev–Trinajstić information content (AvgIpc) is 2.87. The lowest BCUT2D eigenvalue weighted by Gasteiger charge is -2.18. The van der Waals surface area contributed by atoms with Gasteiger partial charge in [-0.25, -0.2) is 0 Å². The molecule has 76 valence electrons. The highest BCUT2D eigenvalue weighted by Crippen LogP contribution is 2.18. The maximum atomic E-state index is 11.3. The third-order valence-electron chi connectivity index (χ3n) is 2.20. The molecule has 4 nitrogen and oxygen atoms in total. The van der Waals surface area contributed by atoms with Crippen molar-refractivity contribution in [3.8, 4) is 0 Å². The summed E-state index contributed by atoms with van der Waals surface area (Å²) in [6.45, 7) is 4.83. The van der Waals surface area contributed by atoms with Crippen LogP contribution in [0.5, 0.6) is 0 Å². The van der Waals surface area contributed by atoms with Crippen molar-refractivity contribution in [2.24, 2.45) is 5.73 Å². The Kier molecular flexibility index (Phi) is 4.18. The number of nitrogens with one attached hydrogen (secondary N) is 1. The number of likely N-dealkylation sites (N-methyl/N-ethyl adjacent to an activating group) is 1. The molecule has 0 saturated heterocycles. The Hall–Kier alpha value is -0.610. The van der Waals surface area contributed by atoms with Crippen LogP contribution in [0.15, 0.2) is 0 Å². The van der Waals surface area contributed by atoms with Crippen LogP contribution >= 0.6 is 0 Å². The van der Waals surface area contributed by atoms with Gasteiger partial charge in [0, 0.05) is 19.1 Å². The molecule has 0 heterocycles. The molecule has 3 N–H and O–H groups in total.